The highest BCUT2D eigenvalue weighted by molar-refractivity contribution is 6.05. The Labute approximate surface area is 170 Å². The molecule has 3 unspecified atom stereocenters. The summed E-state index contributed by atoms with van der Waals surface area (Å²) in [6.07, 6.45) is 6.34. The topological polar surface area (TPSA) is 95.7 Å². The number of rotatable bonds is 3. The van der Waals surface area contributed by atoms with Crippen LogP contribution in [0, 0.1) is 0 Å². The largest absolute Gasteiger partial charge is 0.328 e. The van der Waals surface area contributed by atoms with Crippen LogP contribution in [0.3, 0.4) is 0 Å². The van der Waals surface area contributed by atoms with Crippen molar-refractivity contribution in [3.63, 3.8) is 0 Å². The number of nitrogens with two attached hydrogens (primary N) is 1. The van der Waals surface area contributed by atoms with Crippen molar-refractivity contribution in [2.75, 3.05) is 0 Å². The summed E-state index contributed by atoms with van der Waals surface area (Å²) < 4.78 is 0. The van der Waals surface area contributed by atoms with Crippen molar-refractivity contribution in [3.8, 4) is 0 Å². The number of nitrogens with zero attached hydrogens (tertiary/aromatic N) is 2. The summed E-state index contributed by atoms with van der Waals surface area (Å²) in [4.78, 5) is 41.3. The van der Waals surface area contributed by atoms with E-state index < -0.39 is 6.04 Å². The molecule has 4 heterocycles. The van der Waals surface area contributed by atoms with E-state index in [-0.39, 0.29) is 30.2 Å². The lowest BCUT2D eigenvalue weighted by Crippen LogP contribution is -2.54. The van der Waals surface area contributed by atoms with E-state index in [1.807, 2.05) is 12.1 Å². The van der Waals surface area contributed by atoms with Crippen LogP contribution in [-0.4, -0.2) is 51.7 Å². The first-order valence-corrected chi connectivity index (χ1v) is 10.8. The average Bonchev–Trinajstić information content (AvgIpc) is 3.00. The van der Waals surface area contributed by atoms with Crippen LogP contribution in [0.2, 0.25) is 0 Å². The van der Waals surface area contributed by atoms with Crippen LogP contribution in [-0.2, 0) is 22.7 Å². The molecule has 0 spiro atoms. The van der Waals surface area contributed by atoms with Gasteiger partial charge >= 0.3 is 0 Å². The van der Waals surface area contributed by atoms with E-state index in [2.05, 4.69) is 16.3 Å². The van der Waals surface area contributed by atoms with Crippen LogP contribution in [0.5, 0.6) is 0 Å². The lowest BCUT2D eigenvalue weighted by Gasteiger charge is -2.48. The van der Waals surface area contributed by atoms with Crippen LogP contribution >= 0.6 is 0 Å². The maximum absolute atomic E-state index is 13.3. The first-order chi connectivity index (χ1) is 14.0. The predicted octanol–water partition coefficient (Wildman–Crippen LogP) is 1.29. The van der Waals surface area contributed by atoms with Crippen molar-refractivity contribution in [1.82, 2.24) is 15.1 Å². The minimum atomic E-state index is -0.562. The van der Waals surface area contributed by atoms with E-state index in [9.17, 15) is 14.4 Å². The zero-order chi connectivity index (χ0) is 20.1. The number of amides is 3. The molecule has 3 saturated heterocycles. The highest BCUT2D eigenvalue weighted by atomic mass is 16.2. The number of piperidine rings is 3. The van der Waals surface area contributed by atoms with E-state index in [0.717, 1.165) is 36.1 Å². The van der Waals surface area contributed by atoms with Gasteiger partial charge in [0, 0.05) is 43.2 Å². The maximum atomic E-state index is 13.3. The summed E-state index contributed by atoms with van der Waals surface area (Å²) >= 11 is 0. The minimum Gasteiger partial charge on any atom is -0.328 e. The number of nitrogens with one attached hydrogen (secondary N) is 1. The van der Waals surface area contributed by atoms with Gasteiger partial charge in [-0.1, -0.05) is 24.6 Å². The maximum Gasteiger partial charge on any atom is 0.255 e. The fourth-order valence-corrected chi connectivity index (χ4v) is 5.80. The summed E-state index contributed by atoms with van der Waals surface area (Å²) in [6, 6.07) is 6.76. The zero-order valence-electron chi connectivity index (χ0n) is 16.6. The third-order valence-electron chi connectivity index (χ3n) is 7.15. The lowest BCUT2D eigenvalue weighted by atomic mass is 9.81. The van der Waals surface area contributed by atoms with Crippen molar-refractivity contribution in [3.05, 3.63) is 34.9 Å². The number of benzene rings is 1. The highest BCUT2D eigenvalue weighted by Gasteiger charge is 2.41. The molecule has 5 rings (SSSR count). The van der Waals surface area contributed by atoms with E-state index in [1.165, 1.54) is 19.3 Å². The average molecular weight is 396 g/mol. The Hall–Kier alpha value is -2.25. The second kappa shape index (κ2) is 7.22. The number of imide groups is 1. The van der Waals surface area contributed by atoms with Gasteiger partial charge in [-0.25, -0.2) is 0 Å². The van der Waals surface area contributed by atoms with Gasteiger partial charge in [0.2, 0.25) is 11.8 Å². The van der Waals surface area contributed by atoms with Crippen LogP contribution in [0.15, 0.2) is 18.2 Å². The molecule has 29 heavy (non-hydrogen) atoms. The summed E-state index contributed by atoms with van der Waals surface area (Å²) in [5.74, 6) is -0.696. The molecule has 4 aliphatic rings. The molecular weight excluding hydrogens is 368 g/mol. The molecule has 2 bridgehead atoms. The Morgan fingerprint density at radius 2 is 1.83 bits per heavy atom. The second-order valence-corrected chi connectivity index (χ2v) is 8.99. The molecule has 0 radical (unpaired) electrons. The second-order valence-electron chi connectivity index (χ2n) is 8.99. The first-order valence-electron chi connectivity index (χ1n) is 10.8. The van der Waals surface area contributed by atoms with E-state index in [4.69, 9.17) is 5.73 Å². The van der Waals surface area contributed by atoms with Crippen LogP contribution in [0.1, 0.15) is 66.4 Å². The van der Waals surface area contributed by atoms with Gasteiger partial charge in [-0.15, -0.1) is 0 Å². The summed E-state index contributed by atoms with van der Waals surface area (Å²) in [5, 5.41) is 2.37. The van der Waals surface area contributed by atoms with Gasteiger partial charge in [0.05, 0.1) is 0 Å². The SMILES string of the molecule is NC1CC2CCCC(C1)N2Cc1cccc2c1C(=O)N(C1CCC(=O)NC1=O)C2. The third kappa shape index (κ3) is 3.26. The predicted molar refractivity (Wildman–Crippen MR) is 107 cm³/mol. The van der Waals surface area contributed by atoms with Gasteiger partial charge < -0.3 is 10.6 Å². The number of fused-ring (bicyclic) bond motifs is 3. The Bertz CT molecular complexity index is 856. The molecule has 3 N–H and O–H groups in total. The molecule has 154 valence electrons. The molecule has 0 aliphatic carbocycles. The number of hydrogen-bond acceptors (Lipinski definition) is 5. The van der Waals surface area contributed by atoms with Crippen molar-refractivity contribution in [1.29, 1.82) is 0 Å². The normalized spacial score (nSPS) is 32.3. The standard InChI is InChI=1S/C22H28N4O3/c23-15-9-16-5-2-6-17(10-15)25(16)11-13-3-1-4-14-12-26(22(29)20(13)14)18-7-8-19(27)24-21(18)28/h1,3-4,15-18H,2,5-12,23H2,(H,24,27,28). The smallest absolute Gasteiger partial charge is 0.255 e. The Balaban J connectivity index is 1.39. The van der Waals surface area contributed by atoms with Crippen LogP contribution in [0.25, 0.3) is 0 Å². The van der Waals surface area contributed by atoms with Crippen molar-refractivity contribution in [2.24, 2.45) is 5.73 Å². The summed E-state index contributed by atoms with van der Waals surface area (Å²) in [6.45, 7) is 1.20. The molecule has 4 aliphatic heterocycles. The van der Waals surface area contributed by atoms with Crippen LogP contribution in [0.4, 0.5) is 0 Å². The van der Waals surface area contributed by atoms with Crippen molar-refractivity contribution >= 4 is 17.7 Å². The van der Waals surface area contributed by atoms with Gasteiger partial charge in [-0.3, -0.25) is 24.6 Å². The molecule has 1 aromatic carbocycles. The molecule has 3 fully saturated rings. The molecule has 3 amide bonds. The molecule has 0 saturated carbocycles. The quantitative estimate of drug-likeness (QED) is 0.751. The molecule has 1 aromatic rings. The molecule has 7 nitrogen and oxygen atoms in total. The van der Waals surface area contributed by atoms with E-state index in [0.29, 0.717) is 25.0 Å². The van der Waals surface area contributed by atoms with Gasteiger partial charge in [-0.2, -0.15) is 0 Å². The van der Waals surface area contributed by atoms with E-state index in [1.54, 1.807) is 4.90 Å². The Kier molecular flexibility index (Phi) is 4.67. The number of carbonyl (C=O) groups is 3. The fourth-order valence-electron chi connectivity index (χ4n) is 5.80. The Morgan fingerprint density at radius 3 is 2.55 bits per heavy atom. The molecule has 3 atom stereocenters. The van der Waals surface area contributed by atoms with Gasteiger partial charge in [0.15, 0.2) is 0 Å². The summed E-state index contributed by atoms with van der Waals surface area (Å²) in [7, 11) is 0. The molecule has 0 aromatic heterocycles. The van der Waals surface area contributed by atoms with Gasteiger partial charge in [-0.05, 0) is 43.2 Å². The highest BCUT2D eigenvalue weighted by Crippen LogP contribution is 2.36. The lowest BCUT2D eigenvalue weighted by molar-refractivity contribution is -0.136. The third-order valence-corrected chi connectivity index (χ3v) is 7.15. The number of carbonyl (C=O) groups excluding carboxylic acids is 3. The molecular formula is C22H28N4O3. The Morgan fingerprint density at radius 1 is 1.07 bits per heavy atom. The zero-order valence-corrected chi connectivity index (χ0v) is 16.6. The minimum absolute atomic E-state index is 0.0797. The van der Waals surface area contributed by atoms with Crippen molar-refractivity contribution in [2.45, 2.75) is 82.2 Å². The van der Waals surface area contributed by atoms with Gasteiger partial charge in [0.25, 0.3) is 5.91 Å². The number of hydrogen-bond donors (Lipinski definition) is 2. The molecule has 7 heteroatoms. The van der Waals surface area contributed by atoms with Crippen molar-refractivity contribution < 1.29 is 14.4 Å². The van der Waals surface area contributed by atoms with E-state index >= 15 is 0 Å². The monoisotopic (exact) mass is 396 g/mol. The van der Waals surface area contributed by atoms with Gasteiger partial charge in [0.1, 0.15) is 6.04 Å². The van der Waals surface area contributed by atoms with Crippen LogP contribution < -0.4 is 11.1 Å². The first kappa shape index (κ1) is 18.8. The summed E-state index contributed by atoms with van der Waals surface area (Å²) in [5.41, 5.74) is 9.06. The fraction of sp³-hybridized carbons (Fsp3) is 0.591.